The highest BCUT2D eigenvalue weighted by molar-refractivity contribution is 5.97. The van der Waals surface area contributed by atoms with Crippen LogP contribution in [0.4, 0.5) is 26.3 Å². The molecule has 0 bridgehead atoms. The number of ether oxygens (including phenoxy) is 1. The van der Waals surface area contributed by atoms with E-state index in [-0.39, 0.29) is 29.2 Å². The molecule has 0 fully saturated rings. The van der Waals surface area contributed by atoms with Gasteiger partial charge in [-0.1, -0.05) is 29.4 Å². The first-order chi connectivity index (χ1) is 12.3. The number of aromatic nitrogens is 1. The van der Waals surface area contributed by atoms with Crippen LogP contribution in [0, 0.1) is 6.92 Å². The molecular weight excluding hydrogens is 384 g/mol. The third kappa shape index (κ3) is 3.51. The van der Waals surface area contributed by atoms with Crippen molar-refractivity contribution in [3.8, 4) is 11.3 Å². The van der Waals surface area contributed by atoms with Crippen LogP contribution in [0.2, 0.25) is 0 Å². The van der Waals surface area contributed by atoms with Crippen LogP contribution in [-0.2, 0) is 10.3 Å². The number of halogens is 6. The maximum atomic E-state index is 12.9. The number of carbonyl (C=O) groups excluding carboxylic acids is 1. The average Bonchev–Trinajstić information content (AvgIpc) is 2.94. The van der Waals surface area contributed by atoms with E-state index in [1.54, 1.807) is 6.92 Å². The van der Waals surface area contributed by atoms with Gasteiger partial charge in [0, 0.05) is 11.1 Å². The largest absolute Gasteiger partial charge is 0.462 e. The van der Waals surface area contributed by atoms with E-state index in [0.29, 0.717) is 12.1 Å². The Kier molecular flexibility index (Phi) is 5.28. The molecule has 1 aromatic heterocycles. The zero-order valence-corrected chi connectivity index (χ0v) is 13.9. The maximum absolute atomic E-state index is 12.9. The lowest BCUT2D eigenvalue weighted by Crippen LogP contribution is -2.53. The fourth-order valence-corrected chi connectivity index (χ4v) is 2.37. The zero-order valence-electron chi connectivity index (χ0n) is 13.9. The second-order valence-corrected chi connectivity index (χ2v) is 5.47. The van der Waals surface area contributed by atoms with Crippen molar-refractivity contribution in [3.05, 3.63) is 41.2 Å². The first-order valence-electron chi connectivity index (χ1n) is 7.44. The van der Waals surface area contributed by atoms with Gasteiger partial charge in [0.25, 0.3) is 5.60 Å². The Morgan fingerprint density at radius 2 is 1.63 bits per heavy atom. The lowest BCUT2D eigenvalue weighted by molar-refractivity contribution is -0.376. The summed E-state index contributed by atoms with van der Waals surface area (Å²) in [7, 11) is 0. The van der Waals surface area contributed by atoms with Gasteiger partial charge in [0.2, 0.25) is 0 Å². The molecule has 1 N–H and O–H groups in total. The van der Waals surface area contributed by atoms with Crippen molar-refractivity contribution in [1.82, 2.24) is 5.16 Å². The lowest BCUT2D eigenvalue weighted by atomic mass is 9.91. The number of rotatable bonds is 4. The molecule has 0 saturated carbocycles. The van der Waals surface area contributed by atoms with E-state index < -0.39 is 29.5 Å². The monoisotopic (exact) mass is 397 g/mol. The summed E-state index contributed by atoms with van der Waals surface area (Å²) in [6, 6.07) is 2.63. The summed E-state index contributed by atoms with van der Waals surface area (Å²) in [6.07, 6.45) is -12.0. The molecule has 0 atom stereocenters. The first-order valence-corrected chi connectivity index (χ1v) is 7.44. The van der Waals surface area contributed by atoms with Crippen LogP contribution < -0.4 is 0 Å². The van der Waals surface area contributed by atoms with Crippen molar-refractivity contribution < 1.29 is 45.5 Å². The molecule has 0 aliphatic rings. The van der Waals surface area contributed by atoms with Gasteiger partial charge in [0.05, 0.1) is 6.61 Å². The molecule has 27 heavy (non-hydrogen) atoms. The highest BCUT2D eigenvalue weighted by Crippen LogP contribution is 2.50. The number of benzene rings is 1. The molecular formula is C16H13F6NO4. The Hall–Kier alpha value is -2.56. The maximum Gasteiger partial charge on any atom is 0.430 e. The van der Waals surface area contributed by atoms with Gasteiger partial charge in [-0.3, -0.25) is 0 Å². The van der Waals surface area contributed by atoms with Crippen LogP contribution in [0.1, 0.15) is 28.6 Å². The molecule has 0 radical (unpaired) electrons. The van der Waals surface area contributed by atoms with E-state index in [1.165, 1.54) is 6.92 Å². The predicted molar refractivity (Wildman–Crippen MR) is 78.6 cm³/mol. The molecule has 148 valence electrons. The van der Waals surface area contributed by atoms with Crippen LogP contribution in [0.15, 0.2) is 28.8 Å². The van der Waals surface area contributed by atoms with Crippen molar-refractivity contribution >= 4 is 5.97 Å². The van der Waals surface area contributed by atoms with E-state index in [2.05, 4.69) is 5.16 Å². The molecule has 0 spiro atoms. The molecule has 11 heteroatoms. The van der Waals surface area contributed by atoms with Crippen molar-refractivity contribution in [2.45, 2.75) is 31.8 Å². The fourth-order valence-electron chi connectivity index (χ4n) is 2.37. The molecule has 0 unspecified atom stereocenters. The van der Waals surface area contributed by atoms with Crippen molar-refractivity contribution in [3.63, 3.8) is 0 Å². The van der Waals surface area contributed by atoms with Crippen LogP contribution in [0.25, 0.3) is 11.3 Å². The minimum atomic E-state index is -5.99. The normalized spacial score (nSPS) is 12.9. The van der Waals surface area contributed by atoms with Gasteiger partial charge in [-0.05, 0) is 13.8 Å². The van der Waals surface area contributed by atoms with Gasteiger partial charge >= 0.3 is 18.3 Å². The van der Waals surface area contributed by atoms with Gasteiger partial charge < -0.3 is 14.4 Å². The molecule has 1 aromatic carbocycles. The van der Waals surface area contributed by atoms with E-state index in [9.17, 15) is 36.2 Å². The molecule has 2 aromatic rings. The third-order valence-electron chi connectivity index (χ3n) is 3.74. The van der Waals surface area contributed by atoms with Gasteiger partial charge in [-0.15, -0.1) is 0 Å². The number of carbonyl (C=O) groups is 1. The number of nitrogens with zero attached hydrogens (tertiary/aromatic N) is 1. The van der Waals surface area contributed by atoms with Crippen molar-refractivity contribution in [1.29, 1.82) is 0 Å². The molecule has 1 heterocycles. The quantitative estimate of drug-likeness (QED) is 0.620. The Morgan fingerprint density at radius 3 is 2.07 bits per heavy atom. The summed E-state index contributed by atoms with van der Waals surface area (Å²) in [6.45, 7) is 2.97. The van der Waals surface area contributed by atoms with Gasteiger partial charge in [0.15, 0.2) is 0 Å². The number of aliphatic hydroxyl groups is 1. The molecule has 0 aliphatic heterocycles. The molecule has 0 amide bonds. The Balaban J connectivity index is 2.52. The molecule has 5 nitrogen and oxygen atoms in total. The van der Waals surface area contributed by atoms with Crippen molar-refractivity contribution in [2.24, 2.45) is 0 Å². The Labute approximate surface area is 148 Å². The predicted octanol–water partition coefficient (Wildman–Crippen LogP) is 4.14. The molecule has 0 saturated heterocycles. The van der Waals surface area contributed by atoms with E-state index >= 15 is 0 Å². The highest BCUT2D eigenvalue weighted by atomic mass is 19.4. The third-order valence-corrected chi connectivity index (χ3v) is 3.74. The number of esters is 1. The second kappa shape index (κ2) is 6.87. The molecule has 2 rings (SSSR count). The Morgan fingerprint density at radius 1 is 1.11 bits per heavy atom. The second-order valence-electron chi connectivity index (χ2n) is 5.47. The Bertz CT molecular complexity index is 809. The topological polar surface area (TPSA) is 72.6 Å². The van der Waals surface area contributed by atoms with Crippen LogP contribution in [0.3, 0.4) is 0 Å². The highest BCUT2D eigenvalue weighted by Gasteiger charge is 2.71. The minimum absolute atomic E-state index is 0.00496. The zero-order chi connectivity index (χ0) is 20.6. The number of hydrogen-bond donors (Lipinski definition) is 1. The first kappa shape index (κ1) is 20.7. The standard InChI is InChI=1S/C16H13F6NO4/c1-3-26-13(24)11-8(2)27-23-12(11)9-4-6-10(7-5-9)14(25,15(17,18)19)16(20,21)22/h4-7,25H,3H2,1-2H3. The van der Waals surface area contributed by atoms with E-state index in [1.807, 2.05) is 0 Å². The summed E-state index contributed by atoms with van der Waals surface area (Å²) in [5.41, 5.74) is -6.68. The van der Waals surface area contributed by atoms with E-state index in [4.69, 9.17) is 9.26 Å². The smallest absolute Gasteiger partial charge is 0.430 e. The number of hydrogen-bond acceptors (Lipinski definition) is 5. The van der Waals surface area contributed by atoms with Gasteiger partial charge in [-0.25, -0.2) is 4.79 Å². The number of aryl methyl sites for hydroxylation is 1. The number of alkyl halides is 6. The lowest BCUT2D eigenvalue weighted by Gasteiger charge is -2.32. The average molecular weight is 397 g/mol. The minimum Gasteiger partial charge on any atom is -0.462 e. The van der Waals surface area contributed by atoms with Gasteiger partial charge in [0.1, 0.15) is 17.0 Å². The van der Waals surface area contributed by atoms with E-state index in [0.717, 1.165) is 12.1 Å². The van der Waals surface area contributed by atoms with Crippen LogP contribution >= 0.6 is 0 Å². The SMILES string of the molecule is CCOC(=O)c1c(-c2ccc(C(O)(C(F)(F)F)C(F)(F)F)cc2)noc1C. The summed E-state index contributed by atoms with van der Waals surface area (Å²) < 4.78 is 87.1. The summed E-state index contributed by atoms with van der Waals surface area (Å²) in [5.74, 6) is -0.743. The molecule has 0 aliphatic carbocycles. The summed E-state index contributed by atoms with van der Waals surface area (Å²) >= 11 is 0. The fraction of sp³-hybridized carbons (Fsp3) is 0.375. The van der Waals surface area contributed by atoms with Crippen LogP contribution in [-0.4, -0.2) is 35.2 Å². The van der Waals surface area contributed by atoms with Crippen LogP contribution in [0.5, 0.6) is 0 Å². The van der Waals surface area contributed by atoms with Gasteiger partial charge in [-0.2, -0.15) is 26.3 Å². The summed E-state index contributed by atoms with van der Waals surface area (Å²) in [5, 5.41) is 13.0. The van der Waals surface area contributed by atoms with Crippen molar-refractivity contribution in [2.75, 3.05) is 6.61 Å². The summed E-state index contributed by atoms with van der Waals surface area (Å²) in [4.78, 5) is 12.0.